The predicted molar refractivity (Wildman–Crippen MR) is 86.9 cm³/mol. The van der Waals surface area contributed by atoms with Crippen LogP contribution in [0, 0.1) is 13.8 Å². The quantitative estimate of drug-likeness (QED) is 0.937. The molecule has 3 rings (SSSR count). The molecule has 0 aliphatic carbocycles. The molecule has 1 aliphatic heterocycles. The molecule has 0 atom stereocenters. The van der Waals surface area contributed by atoms with Gasteiger partial charge in [-0.15, -0.1) is 0 Å². The topological polar surface area (TPSA) is 75.5 Å². The van der Waals surface area contributed by atoms with Gasteiger partial charge in [-0.05, 0) is 31.0 Å². The Bertz CT molecular complexity index is 740. The van der Waals surface area contributed by atoms with Crippen LogP contribution in [0.4, 0.5) is 5.82 Å². The van der Waals surface area contributed by atoms with E-state index in [9.17, 15) is 9.90 Å². The lowest BCUT2D eigenvalue weighted by Gasteiger charge is -2.28. The molecule has 0 amide bonds. The fourth-order valence-electron chi connectivity index (χ4n) is 2.56. The van der Waals surface area contributed by atoms with Crippen LogP contribution >= 0.6 is 0 Å². The van der Waals surface area contributed by atoms with E-state index in [-0.39, 0.29) is 5.56 Å². The second-order valence-corrected chi connectivity index (χ2v) is 5.63. The maximum Gasteiger partial charge on any atom is 0.341 e. The third-order valence-corrected chi connectivity index (χ3v) is 4.07. The van der Waals surface area contributed by atoms with Crippen molar-refractivity contribution in [3.63, 3.8) is 0 Å². The van der Waals surface area contributed by atoms with E-state index in [1.807, 2.05) is 36.9 Å². The summed E-state index contributed by atoms with van der Waals surface area (Å²) in [6, 6.07) is 6.00. The lowest BCUT2D eigenvalue weighted by atomic mass is 10.1. The molecule has 1 fully saturated rings. The van der Waals surface area contributed by atoms with E-state index in [2.05, 4.69) is 9.97 Å². The Hall–Kier alpha value is -2.47. The molecule has 1 aliphatic rings. The smallest absolute Gasteiger partial charge is 0.341 e. The first-order valence-electron chi connectivity index (χ1n) is 7.57. The van der Waals surface area contributed by atoms with Crippen LogP contribution in [0.2, 0.25) is 0 Å². The van der Waals surface area contributed by atoms with Crippen LogP contribution in [-0.4, -0.2) is 47.3 Å². The highest BCUT2D eigenvalue weighted by Gasteiger charge is 2.21. The summed E-state index contributed by atoms with van der Waals surface area (Å²) in [4.78, 5) is 22.2. The minimum atomic E-state index is -1.02. The number of carboxylic acids is 1. The van der Waals surface area contributed by atoms with Crippen molar-refractivity contribution in [2.24, 2.45) is 0 Å². The van der Waals surface area contributed by atoms with E-state index in [1.54, 1.807) is 0 Å². The number of ether oxygens (including phenoxy) is 1. The monoisotopic (exact) mass is 313 g/mol. The van der Waals surface area contributed by atoms with Crippen molar-refractivity contribution in [1.82, 2.24) is 9.97 Å². The summed E-state index contributed by atoms with van der Waals surface area (Å²) in [5, 5.41) is 9.40. The number of aromatic nitrogens is 2. The van der Waals surface area contributed by atoms with E-state index in [4.69, 9.17) is 4.74 Å². The van der Waals surface area contributed by atoms with Gasteiger partial charge in [0.1, 0.15) is 11.4 Å². The van der Waals surface area contributed by atoms with Crippen molar-refractivity contribution < 1.29 is 14.6 Å². The summed E-state index contributed by atoms with van der Waals surface area (Å²) in [5.41, 5.74) is 3.37. The SMILES string of the molecule is Cc1ccc(-c2ncc(C(=O)O)c(N3CCOCC3)n2)cc1C. The van der Waals surface area contributed by atoms with Gasteiger partial charge in [-0.1, -0.05) is 12.1 Å². The van der Waals surface area contributed by atoms with E-state index in [1.165, 1.54) is 11.8 Å². The maximum atomic E-state index is 11.5. The average molecular weight is 313 g/mol. The number of aryl methyl sites for hydroxylation is 2. The van der Waals surface area contributed by atoms with E-state index >= 15 is 0 Å². The van der Waals surface area contributed by atoms with Gasteiger partial charge in [0.05, 0.1) is 13.2 Å². The molecule has 6 heteroatoms. The molecule has 120 valence electrons. The second-order valence-electron chi connectivity index (χ2n) is 5.63. The number of nitrogens with zero attached hydrogens (tertiary/aromatic N) is 3. The number of morpholine rings is 1. The molecule has 0 bridgehead atoms. The number of carbonyl (C=O) groups is 1. The molecular weight excluding hydrogens is 294 g/mol. The lowest BCUT2D eigenvalue weighted by Crippen LogP contribution is -2.37. The molecule has 0 unspecified atom stereocenters. The van der Waals surface area contributed by atoms with Crippen LogP contribution in [0.5, 0.6) is 0 Å². The van der Waals surface area contributed by atoms with Gasteiger partial charge in [0, 0.05) is 24.8 Å². The van der Waals surface area contributed by atoms with E-state index in [0.717, 1.165) is 11.1 Å². The van der Waals surface area contributed by atoms with E-state index < -0.39 is 5.97 Å². The number of carboxylic acid groups (broad SMARTS) is 1. The third-order valence-electron chi connectivity index (χ3n) is 4.07. The summed E-state index contributed by atoms with van der Waals surface area (Å²) in [6.07, 6.45) is 1.39. The number of hydrogen-bond donors (Lipinski definition) is 1. The predicted octanol–water partition coefficient (Wildman–Crippen LogP) is 2.30. The molecule has 1 aromatic carbocycles. The van der Waals surface area contributed by atoms with Gasteiger partial charge in [0.2, 0.25) is 0 Å². The minimum absolute atomic E-state index is 0.125. The molecule has 0 saturated carbocycles. The number of rotatable bonds is 3. The second kappa shape index (κ2) is 6.34. The van der Waals surface area contributed by atoms with Gasteiger partial charge in [-0.2, -0.15) is 0 Å². The number of hydrogen-bond acceptors (Lipinski definition) is 5. The lowest BCUT2D eigenvalue weighted by molar-refractivity contribution is 0.0695. The van der Waals surface area contributed by atoms with Crippen LogP contribution in [0.3, 0.4) is 0 Å². The van der Waals surface area contributed by atoms with Crippen molar-refractivity contribution in [3.8, 4) is 11.4 Å². The van der Waals surface area contributed by atoms with Crippen LogP contribution in [-0.2, 0) is 4.74 Å². The van der Waals surface area contributed by atoms with Crippen molar-refractivity contribution in [2.45, 2.75) is 13.8 Å². The summed E-state index contributed by atoms with van der Waals surface area (Å²) >= 11 is 0. The van der Waals surface area contributed by atoms with Gasteiger partial charge in [0.15, 0.2) is 5.82 Å². The molecular formula is C17H19N3O3. The van der Waals surface area contributed by atoms with Gasteiger partial charge in [-0.25, -0.2) is 14.8 Å². The first-order chi connectivity index (χ1) is 11.1. The largest absolute Gasteiger partial charge is 0.477 e. The van der Waals surface area contributed by atoms with Crippen molar-refractivity contribution >= 4 is 11.8 Å². The molecule has 1 N–H and O–H groups in total. The summed E-state index contributed by atoms with van der Waals surface area (Å²) < 4.78 is 5.33. The van der Waals surface area contributed by atoms with Crippen molar-refractivity contribution in [2.75, 3.05) is 31.2 Å². The summed E-state index contributed by atoms with van der Waals surface area (Å²) in [5.74, 6) is -0.0123. The van der Waals surface area contributed by atoms with Gasteiger partial charge < -0.3 is 14.7 Å². The molecule has 0 spiro atoms. The van der Waals surface area contributed by atoms with Crippen LogP contribution in [0.1, 0.15) is 21.5 Å². The molecule has 2 aromatic rings. The van der Waals surface area contributed by atoms with Gasteiger partial charge in [0.25, 0.3) is 0 Å². The summed E-state index contributed by atoms with van der Waals surface area (Å²) in [6.45, 7) is 6.48. The number of anilines is 1. The van der Waals surface area contributed by atoms with E-state index in [0.29, 0.717) is 37.9 Å². The Morgan fingerprint density at radius 1 is 1.22 bits per heavy atom. The zero-order valence-electron chi connectivity index (χ0n) is 13.2. The van der Waals surface area contributed by atoms with Crippen molar-refractivity contribution in [3.05, 3.63) is 41.1 Å². The third kappa shape index (κ3) is 3.17. The highest BCUT2D eigenvalue weighted by molar-refractivity contribution is 5.93. The Morgan fingerprint density at radius 2 is 1.96 bits per heavy atom. The van der Waals surface area contributed by atoms with Gasteiger partial charge in [-0.3, -0.25) is 0 Å². The van der Waals surface area contributed by atoms with Crippen LogP contribution in [0.25, 0.3) is 11.4 Å². The average Bonchev–Trinajstić information content (AvgIpc) is 2.57. The van der Waals surface area contributed by atoms with Crippen LogP contribution in [0.15, 0.2) is 24.4 Å². The standard InChI is InChI=1S/C17H19N3O3/c1-11-3-4-13(9-12(11)2)15-18-10-14(17(21)22)16(19-15)20-5-7-23-8-6-20/h3-4,9-10H,5-8H2,1-2H3,(H,21,22). The zero-order chi connectivity index (χ0) is 16.4. The highest BCUT2D eigenvalue weighted by Crippen LogP contribution is 2.24. The molecule has 1 saturated heterocycles. The Kier molecular flexibility index (Phi) is 4.25. The fraction of sp³-hybridized carbons (Fsp3) is 0.353. The molecule has 6 nitrogen and oxygen atoms in total. The minimum Gasteiger partial charge on any atom is -0.477 e. The number of aromatic carboxylic acids is 1. The Morgan fingerprint density at radius 3 is 2.61 bits per heavy atom. The normalized spacial score (nSPS) is 14.8. The molecule has 1 aromatic heterocycles. The van der Waals surface area contributed by atoms with Crippen molar-refractivity contribution in [1.29, 1.82) is 0 Å². The Balaban J connectivity index is 2.05. The molecule has 0 radical (unpaired) electrons. The highest BCUT2D eigenvalue weighted by atomic mass is 16.5. The molecule has 2 heterocycles. The first kappa shape index (κ1) is 15.4. The zero-order valence-corrected chi connectivity index (χ0v) is 13.2. The molecule has 23 heavy (non-hydrogen) atoms. The Labute approximate surface area is 134 Å². The maximum absolute atomic E-state index is 11.5. The summed E-state index contributed by atoms with van der Waals surface area (Å²) in [7, 11) is 0. The fourth-order valence-corrected chi connectivity index (χ4v) is 2.56. The van der Waals surface area contributed by atoms with Crippen LogP contribution < -0.4 is 4.90 Å². The number of benzene rings is 1. The first-order valence-corrected chi connectivity index (χ1v) is 7.57. The van der Waals surface area contributed by atoms with Gasteiger partial charge >= 0.3 is 5.97 Å².